The summed E-state index contributed by atoms with van der Waals surface area (Å²) in [5.41, 5.74) is 0.721. The van der Waals surface area contributed by atoms with Gasteiger partial charge in [-0.3, -0.25) is 4.79 Å². The molecule has 1 aliphatic carbocycles. The summed E-state index contributed by atoms with van der Waals surface area (Å²) in [6.07, 6.45) is 8.03. The van der Waals surface area contributed by atoms with Crippen LogP contribution in [0.3, 0.4) is 0 Å². The van der Waals surface area contributed by atoms with Crippen LogP contribution in [-0.2, 0) is 14.6 Å². The minimum absolute atomic E-state index is 0. The second kappa shape index (κ2) is 10.0. The molecule has 3 rings (SSSR count). The molecule has 1 fully saturated rings. The molecule has 0 radical (unpaired) electrons. The highest BCUT2D eigenvalue weighted by Gasteiger charge is 2.28. The Morgan fingerprint density at radius 1 is 1.28 bits per heavy atom. The second-order valence-corrected chi connectivity index (χ2v) is 10.6. The smallest absolute Gasteiger partial charge is 0.233 e. The molecule has 1 aromatic heterocycles. The van der Waals surface area contributed by atoms with Crippen molar-refractivity contribution < 1.29 is 13.2 Å². The molecule has 1 amide bonds. The average Bonchev–Trinajstić information content (AvgIpc) is 3.13. The van der Waals surface area contributed by atoms with Crippen LogP contribution in [0.15, 0.2) is 45.9 Å². The van der Waals surface area contributed by atoms with Gasteiger partial charge in [0.05, 0.1) is 15.8 Å². The molecule has 8 heteroatoms. The molecule has 0 aliphatic heterocycles. The first-order valence-electron chi connectivity index (χ1n) is 9.16. The third kappa shape index (κ3) is 6.27. The molecule has 29 heavy (non-hydrogen) atoms. The molecule has 1 saturated carbocycles. The zero-order chi connectivity index (χ0) is 20.3. The Morgan fingerprint density at radius 2 is 1.97 bits per heavy atom. The van der Waals surface area contributed by atoms with E-state index >= 15 is 0 Å². The van der Waals surface area contributed by atoms with Gasteiger partial charge in [-0.25, -0.2) is 13.4 Å². The summed E-state index contributed by atoms with van der Waals surface area (Å²) in [6.45, 7) is 0. The van der Waals surface area contributed by atoms with Gasteiger partial charge in [-0.2, -0.15) is 0 Å². The van der Waals surface area contributed by atoms with Crippen LogP contribution in [0.5, 0.6) is 0 Å². The number of sulfone groups is 1. The van der Waals surface area contributed by atoms with E-state index in [0.717, 1.165) is 29.1 Å². The SMILES string of the molecule is C.CS(=O)(=O)c1ccc(C(CC2CCCC2)C(=O)Nc2ccc(Br)cn2)cc1Cl. The maximum absolute atomic E-state index is 13.1. The quantitative estimate of drug-likeness (QED) is 0.539. The number of hydrogen-bond donors (Lipinski definition) is 1. The monoisotopic (exact) mass is 500 g/mol. The number of halogens is 2. The number of aromatic nitrogens is 1. The van der Waals surface area contributed by atoms with Gasteiger partial charge < -0.3 is 5.32 Å². The van der Waals surface area contributed by atoms with E-state index in [1.807, 2.05) is 6.07 Å². The number of rotatable bonds is 6. The van der Waals surface area contributed by atoms with E-state index in [-0.39, 0.29) is 23.3 Å². The van der Waals surface area contributed by atoms with Gasteiger partial charge in [0, 0.05) is 16.9 Å². The van der Waals surface area contributed by atoms with Gasteiger partial charge in [0.2, 0.25) is 5.91 Å². The van der Waals surface area contributed by atoms with Crippen LogP contribution < -0.4 is 5.32 Å². The molecule has 1 atom stereocenters. The van der Waals surface area contributed by atoms with Crippen LogP contribution in [-0.4, -0.2) is 25.6 Å². The summed E-state index contributed by atoms with van der Waals surface area (Å²) in [5, 5.41) is 3.02. The van der Waals surface area contributed by atoms with Crippen LogP contribution >= 0.6 is 27.5 Å². The molecule has 0 bridgehead atoms. The molecule has 0 spiro atoms. The minimum Gasteiger partial charge on any atom is -0.310 e. The first-order valence-corrected chi connectivity index (χ1v) is 12.2. The van der Waals surface area contributed by atoms with Crippen molar-refractivity contribution in [2.75, 3.05) is 11.6 Å². The molecule has 1 unspecified atom stereocenters. The minimum atomic E-state index is -3.42. The number of pyridine rings is 1. The molecular formula is C21H26BrClN2O3S. The van der Waals surface area contributed by atoms with Gasteiger partial charge >= 0.3 is 0 Å². The Kier molecular flexibility index (Phi) is 8.26. The topological polar surface area (TPSA) is 76.1 Å². The molecule has 1 aliphatic rings. The molecule has 1 aromatic carbocycles. The summed E-state index contributed by atoms with van der Waals surface area (Å²) < 4.78 is 24.5. The number of carbonyl (C=O) groups is 1. The van der Waals surface area contributed by atoms with Crippen LogP contribution in [0.4, 0.5) is 5.82 Å². The first kappa shape index (κ1) is 23.8. The number of amides is 1. The van der Waals surface area contributed by atoms with Crippen LogP contribution in [0.1, 0.15) is 51.0 Å². The Labute approximate surface area is 186 Å². The Balaban J connectivity index is 0.00000300. The van der Waals surface area contributed by atoms with E-state index in [4.69, 9.17) is 11.6 Å². The Bertz CT molecular complexity index is 958. The summed E-state index contributed by atoms with van der Waals surface area (Å²) >= 11 is 9.56. The largest absolute Gasteiger partial charge is 0.310 e. The normalized spacial score (nSPS) is 15.6. The van der Waals surface area contributed by atoms with Gasteiger partial charge in [-0.15, -0.1) is 0 Å². The maximum atomic E-state index is 13.1. The highest BCUT2D eigenvalue weighted by molar-refractivity contribution is 9.10. The predicted molar refractivity (Wildman–Crippen MR) is 121 cm³/mol. The molecule has 0 saturated heterocycles. The van der Waals surface area contributed by atoms with Crippen LogP contribution in [0.2, 0.25) is 5.02 Å². The fraction of sp³-hybridized carbons (Fsp3) is 0.429. The summed E-state index contributed by atoms with van der Waals surface area (Å²) in [6, 6.07) is 8.32. The summed E-state index contributed by atoms with van der Waals surface area (Å²) in [4.78, 5) is 17.3. The molecule has 158 valence electrons. The van der Waals surface area contributed by atoms with E-state index < -0.39 is 15.8 Å². The lowest BCUT2D eigenvalue weighted by molar-refractivity contribution is -0.118. The first-order chi connectivity index (χ1) is 13.2. The lowest BCUT2D eigenvalue weighted by Gasteiger charge is -2.21. The lowest BCUT2D eigenvalue weighted by Crippen LogP contribution is -2.23. The number of carbonyl (C=O) groups excluding carboxylic acids is 1. The van der Waals surface area contributed by atoms with Gasteiger partial charge in [0.1, 0.15) is 5.82 Å². The van der Waals surface area contributed by atoms with Gasteiger partial charge in [-0.1, -0.05) is 50.8 Å². The van der Waals surface area contributed by atoms with Gasteiger partial charge in [0.25, 0.3) is 0 Å². The van der Waals surface area contributed by atoms with E-state index in [9.17, 15) is 13.2 Å². The van der Waals surface area contributed by atoms with Crippen LogP contribution in [0.25, 0.3) is 0 Å². The lowest BCUT2D eigenvalue weighted by atomic mass is 9.87. The predicted octanol–water partition coefficient (Wildman–Crippen LogP) is 5.84. The van der Waals surface area contributed by atoms with E-state index in [1.165, 1.54) is 18.9 Å². The summed E-state index contributed by atoms with van der Waals surface area (Å²) in [7, 11) is -3.42. The number of nitrogens with one attached hydrogen (secondary N) is 1. The number of hydrogen-bond acceptors (Lipinski definition) is 4. The standard InChI is InChI=1S/C20H22BrClN2O3S.CH4/c1-28(26,27)18-8-6-14(11-17(18)22)16(10-13-4-2-3-5-13)20(25)24-19-9-7-15(21)12-23-19;/h6-9,11-13,16H,2-5,10H2,1H3,(H,23,24,25);1H4. The highest BCUT2D eigenvalue weighted by Crippen LogP contribution is 2.36. The van der Waals surface area contributed by atoms with Crippen molar-refractivity contribution in [2.24, 2.45) is 5.92 Å². The van der Waals surface area contributed by atoms with Crippen molar-refractivity contribution in [1.29, 1.82) is 0 Å². The highest BCUT2D eigenvalue weighted by atomic mass is 79.9. The summed E-state index contributed by atoms with van der Waals surface area (Å²) in [5.74, 6) is 0.370. The van der Waals surface area contributed by atoms with Crippen molar-refractivity contribution in [2.45, 2.75) is 50.3 Å². The van der Waals surface area contributed by atoms with Crippen molar-refractivity contribution >= 4 is 49.1 Å². The molecule has 2 aromatic rings. The molecular weight excluding hydrogens is 476 g/mol. The third-order valence-electron chi connectivity index (χ3n) is 5.10. The fourth-order valence-corrected chi connectivity index (χ4v) is 5.24. The number of anilines is 1. The van der Waals surface area contributed by atoms with Crippen molar-refractivity contribution in [3.8, 4) is 0 Å². The van der Waals surface area contributed by atoms with E-state index in [1.54, 1.807) is 24.4 Å². The molecule has 1 heterocycles. The van der Waals surface area contributed by atoms with E-state index in [2.05, 4.69) is 26.2 Å². The molecule has 1 N–H and O–H groups in total. The number of benzene rings is 1. The van der Waals surface area contributed by atoms with Crippen LogP contribution in [0, 0.1) is 5.92 Å². The maximum Gasteiger partial charge on any atom is 0.233 e. The van der Waals surface area contributed by atoms with Crippen molar-refractivity contribution in [3.63, 3.8) is 0 Å². The second-order valence-electron chi connectivity index (χ2n) is 7.25. The third-order valence-corrected chi connectivity index (χ3v) is 7.15. The van der Waals surface area contributed by atoms with E-state index in [0.29, 0.717) is 18.2 Å². The zero-order valence-electron chi connectivity index (χ0n) is 15.5. The Hall–Kier alpha value is -1.44. The fourth-order valence-electron chi connectivity index (χ4n) is 3.67. The zero-order valence-corrected chi connectivity index (χ0v) is 18.6. The van der Waals surface area contributed by atoms with Crippen molar-refractivity contribution in [1.82, 2.24) is 4.98 Å². The molecule has 5 nitrogen and oxygen atoms in total. The van der Waals surface area contributed by atoms with Crippen molar-refractivity contribution in [3.05, 3.63) is 51.6 Å². The average molecular weight is 502 g/mol. The van der Waals surface area contributed by atoms with Gasteiger partial charge in [0.15, 0.2) is 9.84 Å². The Morgan fingerprint density at radius 3 is 2.52 bits per heavy atom. The van der Waals surface area contributed by atoms with Gasteiger partial charge in [-0.05, 0) is 58.1 Å². The number of nitrogens with zero attached hydrogens (tertiary/aromatic N) is 1.